The van der Waals surface area contributed by atoms with Crippen LogP contribution >= 0.6 is 0 Å². The molecule has 0 radical (unpaired) electrons. The van der Waals surface area contributed by atoms with E-state index in [9.17, 15) is 14.3 Å². The average Bonchev–Trinajstić information content (AvgIpc) is 2.69. The molecule has 1 N–H and O–H groups in total. The fraction of sp³-hybridized carbons (Fsp3) is 0.429. The number of benzene rings is 1. The van der Waals surface area contributed by atoms with E-state index in [4.69, 9.17) is 0 Å². The minimum atomic E-state index is -0.934. The van der Waals surface area contributed by atoms with Crippen LogP contribution in [0.25, 0.3) is 0 Å². The van der Waals surface area contributed by atoms with Crippen LogP contribution in [0.3, 0.4) is 0 Å². The first kappa shape index (κ1) is 17.2. The van der Waals surface area contributed by atoms with E-state index in [0.717, 1.165) is 31.2 Å². The highest BCUT2D eigenvalue weighted by Gasteiger charge is 2.50. The number of halogens is 1. The van der Waals surface area contributed by atoms with Crippen molar-refractivity contribution in [1.82, 2.24) is 9.88 Å². The van der Waals surface area contributed by atoms with Gasteiger partial charge in [-0.05, 0) is 37.0 Å². The monoisotopic (exact) mass is 354 g/mol. The maximum absolute atomic E-state index is 14.0. The number of hydrogen-bond acceptors (Lipinski definition) is 3. The lowest BCUT2D eigenvalue weighted by molar-refractivity contribution is -0.110. The van der Waals surface area contributed by atoms with Crippen molar-refractivity contribution in [3.8, 4) is 0 Å². The molecule has 4 nitrogen and oxygen atoms in total. The number of amides is 1. The first-order valence-corrected chi connectivity index (χ1v) is 9.30. The first-order valence-electron chi connectivity index (χ1n) is 9.30. The number of hydrogen-bond donors (Lipinski definition) is 1. The van der Waals surface area contributed by atoms with E-state index in [0.29, 0.717) is 13.0 Å². The summed E-state index contributed by atoms with van der Waals surface area (Å²) in [6.07, 6.45) is 5.58. The van der Waals surface area contributed by atoms with Crippen LogP contribution in [0.15, 0.2) is 48.7 Å². The Morgan fingerprint density at radius 1 is 1.15 bits per heavy atom. The van der Waals surface area contributed by atoms with E-state index in [1.807, 2.05) is 30.3 Å². The number of fused-ring (bicyclic) bond motifs is 1. The second kappa shape index (κ2) is 6.80. The van der Waals surface area contributed by atoms with Crippen LogP contribution in [0.4, 0.5) is 4.39 Å². The van der Waals surface area contributed by atoms with Crippen LogP contribution in [0.1, 0.15) is 48.0 Å². The number of aliphatic hydroxyl groups is 1. The summed E-state index contributed by atoms with van der Waals surface area (Å²) in [5.41, 5.74) is -0.00472. The minimum absolute atomic E-state index is 0.0157. The van der Waals surface area contributed by atoms with Crippen molar-refractivity contribution in [2.45, 2.75) is 43.7 Å². The van der Waals surface area contributed by atoms with Gasteiger partial charge < -0.3 is 10.0 Å². The largest absolute Gasteiger partial charge is 0.385 e. The van der Waals surface area contributed by atoms with Gasteiger partial charge in [0.1, 0.15) is 0 Å². The third-order valence-corrected chi connectivity index (χ3v) is 6.00. The molecule has 1 aromatic carbocycles. The highest BCUT2D eigenvalue weighted by atomic mass is 19.1. The van der Waals surface area contributed by atoms with Crippen LogP contribution in [0, 0.1) is 11.9 Å². The summed E-state index contributed by atoms with van der Waals surface area (Å²) >= 11 is 0. The molecule has 1 aliphatic heterocycles. The lowest BCUT2D eigenvalue weighted by Gasteiger charge is -2.52. The van der Waals surface area contributed by atoms with Crippen molar-refractivity contribution in [2.24, 2.45) is 5.92 Å². The maximum Gasteiger partial charge on any atom is 0.258 e. The molecule has 5 heteroatoms. The number of rotatable bonds is 2. The summed E-state index contributed by atoms with van der Waals surface area (Å²) in [7, 11) is 0. The Hall–Kier alpha value is -2.27. The Bertz CT molecular complexity index is 798. The molecule has 136 valence electrons. The molecule has 1 amide bonds. The van der Waals surface area contributed by atoms with Gasteiger partial charge in [0.2, 0.25) is 5.95 Å². The zero-order valence-corrected chi connectivity index (χ0v) is 14.6. The predicted octanol–water partition coefficient (Wildman–Crippen LogP) is 3.51. The number of pyridine rings is 1. The Morgan fingerprint density at radius 2 is 1.92 bits per heavy atom. The van der Waals surface area contributed by atoms with E-state index in [-0.39, 0.29) is 23.4 Å². The van der Waals surface area contributed by atoms with Gasteiger partial charge in [0.15, 0.2) is 0 Å². The van der Waals surface area contributed by atoms with E-state index < -0.39 is 11.5 Å². The van der Waals surface area contributed by atoms with Gasteiger partial charge in [-0.25, -0.2) is 4.98 Å². The molecule has 26 heavy (non-hydrogen) atoms. The molecular weight excluding hydrogens is 331 g/mol. The minimum Gasteiger partial charge on any atom is -0.385 e. The van der Waals surface area contributed by atoms with Crippen LogP contribution in [-0.4, -0.2) is 33.5 Å². The summed E-state index contributed by atoms with van der Waals surface area (Å²) in [5.74, 6) is -1.08. The molecule has 2 fully saturated rings. The van der Waals surface area contributed by atoms with Crippen LogP contribution in [0.5, 0.6) is 0 Å². The molecule has 1 aliphatic carbocycles. The maximum atomic E-state index is 14.0. The molecule has 4 rings (SSSR count). The van der Waals surface area contributed by atoms with Gasteiger partial charge >= 0.3 is 0 Å². The molecule has 2 heterocycles. The highest BCUT2D eigenvalue weighted by molar-refractivity contribution is 5.94. The number of piperidine rings is 1. The van der Waals surface area contributed by atoms with Gasteiger partial charge in [0.05, 0.1) is 11.2 Å². The van der Waals surface area contributed by atoms with Crippen molar-refractivity contribution in [3.05, 3.63) is 65.7 Å². The van der Waals surface area contributed by atoms with E-state index in [2.05, 4.69) is 4.98 Å². The van der Waals surface area contributed by atoms with Crippen LogP contribution in [0.2, 0.25) is 0 Å². The van der Waals surface area contributed by atoms with Crippen molar-refractivity contribution in [2.75, 3.05) is 6.54 Å². The molecule has 1 saturated heterocycles. The van der Waals surface area contributed by atoms with E-state index >= 15 is 0 Å². The average molecular weight is 354 g/mol. The summed E-state index contributed by atoms with van der Waals surface area (Å²) in [4.78, 5) is 18.4. The topological polar surface area (TPSA) is 53.4 Å². The molecule has 1 aromatic heterocycles. The number of aromatic nitrogens is 1. The zero-order valence-electron chi connectivity index (χ0n) is 14.6. The second-order valence-corrected chi connectivity index (χ2v) is 7.34. The Labute approximate surface area is 152 Å². The van der Waals surface area contributed by atoms with E-state index in [1.54, 1.807) is 11.0 Å². The fourth-order valence-corrected chi connectivity index (χ4v) is 4.72. The van der Waals surface area contributed by atoms with Crippen LogP contribution < -0.4 is 0 Å². The Morgan fingerprint density at radius 3 is 2.69 bits per heavy atom. The smallest absolute Gasteiger partial charge is 0.258 e. The van der Waals surface area contributed by atoms with Crippen molar-refractivity contribution in [3.63, 3.8) is 0 Å². The molecular formula is C21H23FN2O2. The van der Waals surface area contributed by atoms with Gasteiger partial charge in [-0.15, -0.1) is 0 Å². The highest BCUT2D eigenvalue weighted by Crippen LogP contribution is 2.47. The SMILES string of the molecule is O=C(c1cccnc1F)N1CC[C@@](O)(c2ccccc2)[C@@H]2CCCCC21. The quantitative estimate of drug-likeness (QED) is 0.840. The Balaban J connectivity index is 1.67. The van der Waals surface area contributed by atoms with Crippen LogP contribution in [-0.2, 0) is 5.60 Å². The lowest BCUT2D eigenvalue weighted by Crippen LogP contribution is -2.59. The number of carbonyl (C=O) groups excluding carboxylic acids is 1. The third kappa shape index (κ3) is 2.80. The van der Waals surface area contributed by atoms with Crippen molar-refractivity contribution in [1.29, 1.82) is 0 Å². The molecule has 0 bridgehead atoms. The van der Waals surface area contributed by atoms with Gasteiger partial charge in [0.25, 0.3) is 5.91 Å². The van der Waals surface area contributed by atoms with Gasteiger partial charge in [-0.3, -0.25) is 4.79 Å². The third-order valence-electron chi connectivity index (χ3n) is 6.00. The normalized spacial score (nSPS) is 28.5. The van der Waals surface area contributed by atoms with Crippen molar-refractivity contribution >= 4 is 5.91 Å². The summed E-state index contributed by atoms with van der Waals surface area (Å²) in [5, 5.41) is 11.5. The second-order valence-electron chi connectivity index (χ2n) is 7.34. The molecule has 0 spiro atoms. The Kier molecular flexibility index (Phi) is 4.49. The first-order chi connectivity index (χ1) is 12.6. The summed E-state index contributed by atoms with van der Waals surface area (Å²) < 4.78 is 14.0. The number of nitrogens with zero attached hydrogens (tertiary/aromatic N) is 2. The predicted molar refractivity (Wildman–Crippen MR) is 95.9 cm³/mol. The van der Waals surface area contributed by atoms with Crippen molar-refractivity contribution < 1.29 is 14.3 Å². The number of likely N-dealkylation sites (tertiary alicyclic amines) is 1. The zero-order chi connectivity index (χ0) is 18.1. The summed E-state index contributed by atoms with van der Waals surface area (Å²) in [6, 6.07) is 12.7. The molecule has 2 aromatic rings. The lowest BCUT2D eigenvalue weighted by atomic mass is 9.66. The fourth-order valence-electron chi connectivity index (χ4n) is 4.72. The van der Waals surface area contributed by atoms with Gasteiger partial charge in [-0.1, -0.05) is 43.2 Å². The molecule has 1 saturated carbocycles. The summed E-state index contributed by atoms with van der Waals surface area (Å²) in [6.45, 7) is 0.416. The molecule has 3 atom stereocenters. The van der Waals surface area contributed by atoms with Gasteiger partial charge in [0, 0.05) is 24.7 Å². The molecule has 2 aliphatic rings. The standard InChI is InChI=1S/C21H23FN2O2/c22-19-16(9-6-13-23-19)20(25)24-14-12-21(26,15-7-2-1-3-8-15)17-10-4-5-11-18(17)24/h1-3,6-9,13,17-18,26H,4-5,10-12,14H2/t17-,18?,21-/m1/s1. The molecule has 1 unspecified atom stereocenters. The van der Waals surface area contributed by atoms with E-state index in [1.165, 1.54) is 12.3 Å². The number of carbonyl (C=O) groups is 1. The van der Waals surface area contributed by atoms with Gasteiger partial charge in [-0.2, -0.15) is 4.39 Å².